The second-order valence-electron chi connectivity index (χ2n) is 6.15. The third kappa shape index (κ3) is 2.83. The van der Waals surface area contributed by atoms with E-state index in [9.17, 15) is 4.79 Å². The van der Waals surface area contributed by atoms with E-state index in [1.807, 2.05) is 24.5 Å². The zero-order chi connectivity index (χ0) is 16.5. The maximum absolute atomic E-state index is 12.5. The van der Waals surface area contributed by atoms with Gasteiger partial charge in [-0.3, -0.25) is 4.79 Å². The van der Waals surface area contributed by atoms with Crippen LogP contribution in [0.4, 0.5) is 5.00 Å². The minimum absolute atomic E-state index is 0.0756. The van der Waals surface area contributed by atoms with Crippen LogP contribution in [0.15, 0.2) is 30.6 Å². The molecule has 1 amide bonds. The number of nitrogens with zero attached hydrogens (tertiary/aromatic N) is 2. The van der Waals surface area contributed by atoms with Crippen LogP contribution in [0.1, 0.15) is 33.6 Å². The van der Waals surface area contributed by atoms with Gasteiger partial charge in [0.1, 0.15) is 0 Å². The molecule has 24 heavy (non-hydrogen) atoms. The fourth-order valence-electron chi connectivity index (χ4n) is 3.22. The summed E-state index contributed by atoms with van der Waals surface area (Å²) in [6.07, 6.45) is 6.23. The molecule has 124 valence electrons. The normalized spacial score (nSPS) is 13.4. The fourth-order valence-corrected chi connectivity index (χ4v) is 4.37. The minimum Gasteiger partial charge on any atom is -0.331 e. The molecule has 0 saturated carbocycles. The molecule has 2 heterocycles. The molecular weight excluding hydrogens is 320 g/mol. The molecule has 5 nitrogen and oxygen atoms in total. The van der Waals surface area contributed by atoms with Crippen molar-refractivity contribution >= 4 is 33.3 Å². The standard InChI is InChI=1S/C18H20N4OS/c19-7-2-8-22-11-20-14-9-13(5-6-15(14)22)18(23)21-17-10-12-3-1-4-16(12)24-17/h5-6,9-11H,1-4,7-8,19H2,(H,21,23). The molecule has 0 fully saturated rings. The maximum Gasteiger partial charge on any atom is 0.256 e. The lowest BCUT2D eigenvalue weighted by molar-refractivity contribution is 0.102. The summed E-state index contributed by atoms with van der Waals surface area (Å²) in [4.78, 5) is 18.3. The first-order valence-electron chi connectivity index (χ1n) is 8.32. The number of nitrogens with one attached hydrogen (secondary N) is 1. The highest BCUT2D eigenvalue weighted by molar-refractivity contribution is 7.16. The van der Waals surface area contributed by atoms with Crippen molar-refractivity contribution in [3.8, 4) is 0 Å². The lowest BCUT2D eigenvalue weighted by atomic mass is 10.2. The molecule has 0 atom stereocenters. The van der Waals surface area contributed by atoms with Gasteiger partial charge in [0.15, 0.2) is 0 Å². The third-order valence-electron chi connectivity index (χ3n) is 4.47. The van der Waals surface area contributed by atoms with E-state index in [1.165, 1.54) is 16.9 Å². The van der Waals surface area contributed by atoms with Crippen molar-refractivity contribution in [3.05, 3.63) is 46.6 Å². The number of hydrogen-bond donors (Lipinski definition) is 2. The maximum atomic E-state index is 12.5. The number of rotatable bonds is 5. The van der Waals surface area contributed by atoms with Gasteiger partial charge in [0.05, 0.1) is 22.4 Å². The number of amides is 1. The molecule has 4 rings (SSSR count). The molecule has 6 heteroatoms. The van der Waals surface area contributed by atoms with Crippen LogP contribution in [0, 0.1) is 0 Å². The Bertz CT molecular complexity index is 874. The Morgan fingerprint density at radius 1 is 1.33 bits per heavy atom. The summed E-state index contributed by atoms with van der Waals surface area (Å²) in [6, 6.07) is 7.79. The van der Waals surface area contributed by atoms with Crippen LogP contribution in [-0.4, -0.2) is 22.0 Å². The molecule has 0 spiro atoms. The Balaban J connectivity index is 1.53. The van der Waals surface area contributed by atoms with E-state index in [4.69, 9.17) is 5.73 Å². The number of hydrogen-bond acceptors (Lipinski definition) is 4. The van der Waals surface area contributed by atoms with Crippen molar-refractivity contribution in [1.82, 2.24) is 9.55 Å². The largest absolute Gasteiger partial charge is 0.331 e. The first-order valence-corrected chi connectivity index (χ1v) is 9.14. The average Bonchev–Trinajstić information content (AvgIpc) is 3.26. The Morgan fingerprint density at radius 3 is 3.08 bits per heavy atom. The summed E-state index contributed by atoms with van der Waals surface area (Å²) in [5.41, 5.74) is 9.48. The molecular formula is C18H20N4OS. The molecule has 2 aromatic heterocycles. The van der Waals surface area contributed by atoms with E-state index in [0.717, 1.165) is 41.8 Å². The highest BCUT2D eigenvalue weighted by Gasteiger charge is 2.17. The highest BCUT2D eigenvalue weighted by atomic mass is 32.1. The van der Waals surface area contributed by atoms with Gasteiger partial charge < -0.3 is 15.6 Å². The van der Waals surface area contributed by atoms with Gasteiger partial charge in [-0.05, 0) is 62.1 Å². The lowest BCUT2D eigenvalue weighted by Gasteiger charge is -2.05. The molecule has 1 aliphatic carbocycles. The number of imidazole rings is 1. The van der Waals surface area contributed by atoms with Crippen LogP contribution in [0.5, 0.6) is 0 Å². The van der Waals surface area contributed by atoms with Crippen molar-refractivity contribution in [3.63, 3.8) is 0 Å². The number of carbonyl (C=O) groups is 1. The lowest BCUT2D eigenvalue weighted by Crippen LogP contribution is -2.11. The van der Waals surface area contributed by atoms with Gasteiger partial charge >= 0.3 is 0 Å². The smallest absolute Gasteiger partial charge is 0.256 e. The molecule has 1 aliphatic rings. The number of fused-ring (bicyclic) bond motifs is 2. The van der Waals surface area contributed by atoms with Gasteiger partial charge in [0.2, 0.25) is 0 Å². The number of aryl methyl sites for hydroxylation is 3. The number of carbonyl (C=O) groups excluding carboxylic acids is 1. The highest BCUT2D eigenvalue weighted by Crippen LogP contribution is 2.34. The molecule has 3 N–H and O–H groups in total. The zero-order valence-electron chi connectivity index (χ0n) is 13.4. The second-order valence-corrected chi connectivity index (χ2v) is 7.29. The molecule has 1 aromatic carbocycles. The van der Waals surface area contributed by atoms with Gasteiger partial charge in [0.25, 0.3) is 5.91 Å². The van der Waals surface area contributed by atoms with E-state index in [0.29, 0.717) is 12.1 Å². The summed E-state index contributed by atoms with van der Waals surface area (Å²) in [7, 11) is 0. The van der Waals surface area contributed by atoms with Crippen LogP contribution in [0.2, 0.25) is 0 Å². The number of benzene rings is 1. The van der Waals surface area contributed by atoms with Crippen molar-refractivity contribution in [1.29, 1.82) is 0 Å². The summed E-state index contributed by atoms with van der Waals surface area (Å²) in [5, 5.41) is 3.96. The first-order chi connectivity index (χ1) is 11.7. The van der Waals surface area contributed by atoms with E-state index in [1.54, 1.807) is 11.3 Å². The Kier molecular flexibility index (Phi) is 4.08. The second kappa shape index (κ2) is 6.37. The van der Waals surface area contributed by atoms with Gasteiger partial charge in [-0.1, -0.05) is 0 Å². The quantitative estimate of drug-likeness (QED) is 0.749. The SMILES string of the molecule is NCCCn1cnc2cc(C(=O)Nc3cc4c(s3)CCC4)ccc21. The van der Waals surface area contributed by atoms with Crippen molar-refractivity contribution in [2.24, 2.45) is 5.73 Å². The molecule has 3 aromatic rings. The molecule has 0 radical (unpaired) electrons. The minimum atomic E-state index is -0.0756. The van der Waals surface area contributed by atoms with E-state index < -0.39 is 0 Å². The zero-order valence-corrected chi connectivity index (χ0v) is 14.2. The van der Waals surface area contributed by atoms with Gasteiger partial charge in [-0.15, -0.1) is 11.3 Å². The average molecular weight is 340 g/mol. The number of nitrogens with two attached hydrogens (primary N) is 1. The van der Waals surface area contributed by atoms with E-state index in [2.05, 4.69) is 20.9 Å². The monoisotopic (exact) mass is 340 g/mol. The van der Waals surface area contributed by atoms with Crippen molar-refractivity contribution < 1.29 is 4.79 Å². The van der Waals surface area contributed by atoms with E-state index in [-0.39, 0.29) is 5.91 Å². The van der Waals surface area contributed by atoms with Gasteiger partial charge in [0, 0.05) is 17.0 Å². The number of anilines is 1. The first kappa shape index (κ1) is 15.4. The van der Waals surface area contributed by atoms with Crippen LogP contribution < -0.4 is 11.1 Å². The van der Waals surface area contributed by atoms with Crippen molar-refractivity contribution in [2.45, 2.75) is 32.2 Å². The summed E-state index contributed by atoms with van der Waals surface area (Å²) in [5.74, 6) is -0.0756. The molecule has 0 unspecified atom stereocenters. The molecule has 0 bridgehead atoms. The summed E-state index contributed by atoms with van der Waals surface area (Å²) in [6.45, 7) is 1.50. The predicted octanol–water partition coefficient (Wildman–Crippen LogP) is 3.19. The summed E-state index contributed by atoms with van der Waals surface area (Å²) >= 11 is 1.70. The van der Waals surface area contributed by atoms with Crippen LogP contribution >= 0.6 is 11.3 Å². The Hall–Kier alpha value is -2.18. The van der Waals surface area contributed by atoms with Crippen molar-refractivity contribution in [2.75, 3.05) is 11.9 Å². The van der Waals surface area contributed by atoms with Gasteiger partial charge in [-0.25, -0.2) is 4.98 Å². The molecule has 0 saturated heterocycles. The van der Waals surface area contributed by atoms with Gasteiger partial charge in [-0.2, -0.15) is 0 Å². The van der Waals surface area contributed by atoms with Crippen LogP contribution in [-0.2, 0) is 19.4 Å². The number of thiophene rings is 1. The predicted molar refractivity (Wildman–Crippen MR) is 97.7 cm³/mol. The van der Waals surface area contributed by atoms with Crippen LogP contribution in [0.3, 0.4) is 0 Å². The number of aromatic nitrogens is 2. The molecule has 0 aliphatic heterocycles. The van der Waals surface area contributed by atoms with Crippen LogP contribution in [0.25, 0.3) is 11.0 Å². The fraction of sp³-hybridized carbons (Fsp3) is 0.333. The van der Waals surface area contributed by atoms with E-state index >= 15 is 0 Å². The Morgan fingerprint density at radius 2 is 2.25 bits per heavy atom. The summed E-state index contributed by atoms with van der Waals surface area (Å²) < 4.78 is 2.08. The topological polar surface area (TPSA) is 72.9 Å². The Labute approximate surface area is 144 Å². The third-order valence-corrected chi connectivity index (χ3v) is 5.62.